The Bertz CT molecular complexity index is 732. The van der Waals surface area contributed by atoms with Crippen LogP contribution in [-0.2, 0) is 19.4 Å². The normalized spacial score (nSPS) is 16.0. The van der Waals surface area contributed by atoms with Crippen molar-refractivity contribution < 1.29 is 23.5 Å². The summed E-state index contributed by atoms with van der Waals surface area (Å²) in [6, 6.07) is 17.8. The summed E-state index contributed by atoms with van der Waals surface area (Å²) in [5.74, 6) is -0.252. The Morgan fingerprint density at radius 1 is 1.08 bits per heavy atom. The third-order valence-electron chi connectivity index (χ3n) is 4.07. The zero-order valence-electron chi connectivity index (χ0n) is 14.4. The van der Waals surface area contributed by atoms with E-state index in [2.05, 4.69) is 0 Å². The van der Waals surface area contributed by atoms with E-state index in [-0.39, 0.29) is 25.0 Å². The Kier molecular flexibility index (Phi) is 6.68. The Balaban J connectivity index is 2.44. The summed E-state index contributed by atoms with van der Waals surface area (Å²) < 4.78 is 22.7. The summed E-state index contributed by atoms with van der Waals surface area (Å²) >= 11 is 0. The number of hydrogen-bond acceptors (Lipinski definition) is 4. The molecule has 0 bridgehead atoms. The van der Waals surface area contributed by atoms with E-state index in [4.69, 9.17) is 9.26 Å². The van der Waals surface area contributed by atoms with E-state index in [9.17, 15) is 14.3 Å². The van der Waals surface area contributed by atoms with Gasteiger partial charge in [0.15, 0.2) is 11.4 Å². The SMILES string of the molecule is CCOP(=O)(O)CCC(OC)(C(=O)c1ccccc1)c1ccccc1. The zero-order chi connectivity index (χ0) is 18.3. The van der Waals surface area contributed by atoms with Crippen LogP contribution in [0.1, 0.15) is 29.3 Å². The molecule has 0 aliphatic heterocycles. The minimum Gasteiger partial charge on any atom is -0.365 e. The molecule has 6 heteroatoms. The minimum absolute atomic E-state index is 0.0367. The number of ether oxygens (including phenoxy) is 1. The van der Waals surface area contributed by atoms with E-state index in [1.165, 1.54) is 7.11 Å². The summed E-state index contributed by atoms with van der Waals surface area (Å²) in [5.41, 5.74) is -0.224. The molecule has 2 rings (SSSR count). The number of benzene rings is 2. The van der Waals surface area contributed by atoms with Crippen molar-refractivity contribution in [2.45, 2.75) is 18.9 Å². The molecule has 25 heavy (non-hydrogen) atoms. The summed E-state index contributed by atoms with van der Waals surface area (Å²) in [7, 11) is -2.34. The molecular weight excluding hydrogens is 339 g/mol. The number of carbonyl (C=O) groups is 1. The number of carbonyl (C=O) groups excluding carboxylic acids is 1. The van der Waals surface area contributed by atoms with Crippen LogP contribution in [0.3, 0.4) is 0 Å². The minimum atomic E-state index is -3.79. The molecule has 2 aromatic rings. The number of ketones is 1. The molecule has 2 aromatic carbocycles. The molecular formula is C19H23O5P. The van der Waals surface area contributed by atoms with E-state index < -0.39 is 13.2 Å². The van der Waals surface area contributed by atoms with E-state index in [1.807, 2.05) is 24.3 Å². The second kappa shape index (κ2) is 8.54. The highest BCUT2D eigenvalue weighted by atomic mass is 31.2. The van der Waals surface area contributed by atoms with Crippen LogP contribution in [0.2, 0.25) is 0 Å². The maximum Gasteiger partial charge on any atom is 0.328 e. The van der Waals surface area contributed by atoms with Crippen LogP contribution in [0.25, 0.3) is 0 Å². The highest BCUT2D eigenvalue weighted by molar-refractivity contribution is 7.52. The predicted octanol–water partition coefficient (Wildman–Crippen LogP) is 4.02. The molecule has 0 aliphatic rings. The van der Waals surface area contributed by atoms with Crippen LogP contribution < -0.4 is 0 Å². The summed E-state index contributed by atoms with van der Waals surface area (Å²) in [4.78, 5) is 23.2. The lowest BCUT2D eigenvalue weighted by Gasteiger charge is -2.32. The number of hydrogen-bond donors (Lipinski definition) is 1. The van der Waals surface area contributed by atoms with Gasteiger partial charge in [-0.25, -0.2) is 0 Å². The first-order valence-corrected chi connectivity index (χ1v) is 9.88. The van der Waals surface area contributed by atoms with Gasteiger partial charge in [-0.15, -0.1) is 0 Å². The van der Waals surface area contributed by atoms with Gasteiger partial charge in [-0.1, -0.05) is 60.7 Å². The Hall–Kier alpha value is -1.78. The second-order valence-electron chi connectivity index (χ2n) is 5.62. The second-order valence-corrected chi connectivity index (χ2v) is 7.60. The number of methoxy groups -OCH3 is 1. The van der Waals surface area contributed by atoms with Crippen LogP contribution in [0.5, 0.6) is 0 Å². The van der Waals surface area contributed by atoms with Crippen LogP contribution in [0, 0.1) is 0 Å². The van der Waals surface area contributed by atoms with Crippen molar-refractivity contribution >= 4 is 13.4 Å². The van der Waals surface area contributed by atoms with Crippen LogP contribution in [0.4, 0.5) is 0 Å². The van der Waals surface area contributed by atoms with Gasteiger partial charge in [0, 0.05) is 12.7 Å². The lowest BCUT2D eigenvalue weighted by molar-refractivity contribution is -0.00366. The molecule has 0 saturated carbocycles. The highest BCUT2D eigenvalue weighted by Gasteiger charge is 2.42. The van der Waals surface area contributed by atoms with Crippen molar-refractivity contribution in [2.75, 3.05) is 19.9 Å². The molecule has 0 saturated heterocycles. The van der Waals surface area contributed by atoms with Crippen molar-refractivity contribution in [3.63, 3.8) is 0 Å². The third kappa shape index (κ3) is 4.65. The summed E-state index contributed by atoms with van der Waals surface area (Å²) in [6.45, 7) is 1.78. The molecule has 0 fully saturated rings. The predicted molar refractivity (Wildman–Crippen MR) is 96.8 cm³/mol. The molecule has 5 nitrogen and oxygen atoms in total. The largest absolute Gasteiger partial charge is 0.365 e. The van der Waals surface area contributed by atoms with Gasteiger partial charge in [0.05, 0.1) is 12.8 Å². The standard InChI is InChI=1S/C19H23O5P/c1-3-24-25(21,22)15-14-19(23-2,17-12-8-5-9-13-17)18(20)16-10-6-4-7-11-16/h4-13H,3,14-15H2,1-2H3,(H,21,22). The first-order valence-electron chi connectivity index (χ1n) is 8.12. The molecule has 0 spiro atoms. The van der Waals surface area contributed by atoms with Crippen molar-refractivity contribution in [1.82, 2.24) is 0 Å². The average molecular weight is 362 g/mol. The molecule has 0 aromatic heterocycles. The zero-order valence-corrected chi connectivity index (χ0v) is 15.3. The first kappa shape index (κ1) is 19.5. The fourth-order valence-electron chi connectivity index (χ4n) is 2.80. The number of Topliss-reactive ketones (excluding diaryl/α,β-unsaturated/α-hetero) is 1. The fourth-order valence-corrected chi connectivity index (χ4v) is 3.93. The van der Waals surface area contributed by atoms with Gasteiger partial charge in [0.2, 0.25) is 0 Å². The van der Waals surface area contributed by atoms with Crippen molar-refractivity contribution in [1.29, 1.82) is 0 Å². The van der Waals surface area contributed by atoms with Gasteiger partial charge in [0.1, 0.15) is 0 Å². The molecule has 2 unspecified atom stereocenters. The topological polar surface area (TPSA) is 72.8 Å². The quantitative estimate of drug-likeness (QED) is 0.539. The average Bonchev–Trinajstić information content (AvgIpc) is 2.64. The van der Waals surface area contributed by atoms with Crippen LogP contribution >= 0.6 is 7.60 Å². The monoisotopic (exact) mass is 362 g/mol. The van der Waals surface area contributed by atoms with Gasteiger partial charge in [0.25, 0.3) is 0 Å². The van der Waals surface area contributed by atoms with Crippen LogP contribution in [0.15, 0.2) is 60.7 Å². The van der Waals surface area contributed by atoms with Crippen molar-refractivity contribution in [2.24, 2.45) is 0 Å². The van der Waals surface area contributed by atoms with E-state index >= 15 is 0 Å². The Labute approximate surface area is 148 Å². The highest BCUT2D eigenvalue weighted by Crippen LogP contribution is 2.46. The molecule has 1 N–H and O–H groups in total. The van der Waals surface area contributed by atoms with E-state index in [0.29, 0.717) is 11.1 Å². The van der Waals surface area contributed by atoms with E-state index in [1.54, 1.807) is 43.3 Å². The molecule has 134 valence electrons. The van der Waals surface area contributed by atoms with Crippen molar-refractivity contribution in [3.05, 3.63) is 71.8 Å². The summed E-state index contributed by atoms with van der Waals surface area (Å²) in [5, 5.41) is 0. The third-order valence-corrected chi connectivity index (χ3v) is 5.52. The smallest absolute Gasteiger partial charge is 0.328 e. The number of rotatable bonds is 9. The molecule has 0 radical (unpaired) electrons. The molecule has 0 heterocycles. The van der Waals surface area contributed by atoms with Gasteiger partial charge in [-0.2, -0.15) is 0 Å². The van der Waals surface area contributed by atoms with Crippen LogP contribution in [-0.4, -0.2) is 30.6 Å². The Morgan fingerprint density at radius 2 is 1.64 bits per heavy atom. The van der Waals surface area contributed by atoms with Gasteiger partial charge in [-0.3, -0.25) is 9.36 Å². The van der Waals surface area contributed by atoms with E-state index in [0.717, 1.165) is 0 Å². The van der Waals surface area contributed by atoms with Gasteiger partial charge in [-0.05, 0) is 18.9 Å². The Morgan fingerprint density at radius 3 is 2.16 bits per heavy atom. The first-order chi connectivity index (χ1) is 11.9. The lowest BCUT2D eigenvalue weighted by atomic mass is 9.83. The van der Waals surface area contributed by atoms with Gasteiger partial charge < -0.3 is 14.2 Å². The van der Waals surface area contributed by atoms with Gasteiger partial charge >= 0.3 is 7.60 Å². The molecule has 2 atom stereocenters. The fraction of sp³-hybridized carbons (Fsp3) is 0.316. The summed E-state index contributed by atoms with van der Waals surface area (Å²) in [6.07, 6.45) is -0.142. The maximum absolute atomic E-state index is 13.2. The van der Waals surface area contributed by atoms with Crippen molar-refractivity contribution in [3.8, 4) is 0 Å². The lowest BCUT2D eigenvalue weighted by Crippen LogP contribution is -2.39. The maximum atomic E-state index is 13.2. The molecule has 0 amide bonds. The molecule has 0 aliphatic carbocycles.